The molecule has 0 aliphatic carbocycles. The van der Waals surface area contributed by atoms with Gasteiger partial charge >= 0.3 is 0 Å². The van der Waals surface area contributed by atoms with Gasteiger partial charge in [0, 0.05) is 13.7 Å². The first-order valence-electron chi connectivity index (χ1n) is 4.05. The van der Waals surface area contributed by atoms with E-state index in [0.717, 1.165) is 0 Å². The molecule has 6 nitrogen and oxygen atoms in total. The molecule has 0 aliphatic rings. The molecule has 6 heteroatoms. The molecule has 78 valence electrons. The van der Waals surface area contributed by atoms with Crippen LogP contribution in [0.3, 0.4) is 0 Å². The largest absolute Gasteiger partial charge is 0.409 e. The molecule has 0 radical (unpaired) electrons. The predicted molar refractivity (Wildman–Crippen MR) is 49.0 cm³/mol. The first kappa shape index (κ1) is 12.2. The number of ether oxygens (including phenoxy) is 2. The molecule has 0 saturated heterocycles. The minimum atomic E-state index is 0.164. The zero-order valence-electron chi connectivity index (χ0n) is 7.82. The van der Waals surface area contributed by atoms with Crippen LogP contribution >= 0.6 is 0 Å². The SMILES string of the molecule is COCCOCCNCC(N)=NO. The molecule has 13 heavy (non-hydrogen) atoms. The Morgan fingerprint density at radius 3 is 2.85 bits per heavy atom. The molecule has 0 saturated carbocycles. The van der Waals surface area contributed by atoms with Gasteiger partial charge < -0.3 is 25.7 Å². The molecule has 0 atom stereocenters. The van der Waals surface area contributed by atoms with Crippen molar-refractivity contribution in [2.75, 3.05) is 40.0 Å². The molecule has 0 amide bonds. The van der Waals surface area contributed by atoms with E-state index < -0.39 is 0 Å². The topological polar surface area (TPSA) is 89.1 Å². The van der Waals surface area contributed by atoms with Gasteiger partial charge in [0.1, 0.15) is 0 Å². The minimum Gasteiger partial charge on any atom is -0.409 e. The van der Waals surface area contributed by atoms with Crippen molar-refractivity contribution >= 4 is 5.84 Å². The quantitative estimate of drug-likeness (QED) is 0.150. The highest BCUT2D eigenvalue weighted by molar-refractivity contribution is 5.81. The second kappa shape index (κ2) is 9.24. The van der Waals surface area contributed by atoms with Crippen LogP contribution in [0.4, 0.5) is 0 Å². The summed E-state index contributed by atoms with van der Waals surface area (Å²) in [5, 5.41) is 13.9. The van der Waals surface area contributed by atoms with Gasteiger partial charge in [-0.15, -0.1) is 0 Å². The molecule has 4 N–H and O–H groups in total. The summed E-state index contributed by atoms with van der Waals surface area (Å²) in [5.74, 6) is 0.164. The lowest BCUT2D eigenvalue weighted by atomic mass is 10.5. The van der Waals surface area contributed by atoms with Crippen LogP contribution in [0.2, 0.25) is 0 Å². The molecule has 0 unspecified atom stereocenters. The van der Waals surface area contributed by atoms with Gasteiger partial charge in [-0.05, 0) is 0 Å². The van der Waals surface area contributed by atoms with Crippen LogP contribution < -0.4 is 11.1 Å². The number of rotatable bonds is 8. The highest BCUT2D eigenvalue weighted by Crippen LogP contribution is 1.74. The predicted octanol–water partition coefficient (Wildman–Crippen LogP) is -1.01. The van der Waals surface area contributed by atoms with Gasteiger partial charge in [-0.25, -0.2) is 0 Å². The van der Waals surface area contributed by atoms with Crippen LogP contribution in [-0.4, -0.2) is 51.1 Å². The van der Waals surface area contributed by atoms with Crippen LogP contribution in [0.25, 0.3) is 0 Å². The maximum absolute atomic E-state index is 8.18. The Labute approximate surface area is 77.7 Å². The van der Waals surface area contributed by atoms with E-state index in [0.29, 0.717) is 32.9 Å². The Hall–Kier alpha value is -0.850. The van der Waals surface area contributed by atoms with E-state index in [9.17, 15) is 0 Å². The van der Waals surface area contributed by atoms with Crippen molar-refractivity contribution in [1.82, 2.24) is 5.32 Å². The third-order valence-corrected chi connectivity index (χ3v) is 1.29. The number of nitrogens with one attached hydrogen (secondary N) is 1. The lowest BCUT2D eigenvalue weighted by Gasteiger charge is -2.04. The Kier molecular flexibility index (Phi) is 8.64. The summed E-state index contributed by atoms with van der Waals surface area (Å²) in [6.45, 7) is 2.80. The Bertz CT molecular complexity index is 141. The fraction of sp³-hybridized carbons (Fsp3) is 0.857. The van der Waals surface area contributed by atoms with E-state index >= 15 is 0 Å². The number of amidine groups is 1. The molecular formula is C7H17N3O3. The van der Waals surface area contributed by atoms with Crippen molar-refractivity contribution in [3.63, 3.8) is 0 Å². The zero-order valence-corrected chi connectivity index (χ0v) is 7.82. The molecule has 0 rings (SSSR count). The van der Waals surface area contributed by atoms with E-state index in [1.807, 2.05) is 0 Å². The van der Waals surface area contributed by atoms with Crippen molar-refractivity contribution in [3.05, 3.63) is 0 Å². The summed E-state index contributed by atoms with van der Waals surface area (Å²) < 4.78 is 9.95. The number of oxime groups is 1. The standard InChI is InChI=1S/C7H17N3O3/c1-12-4-5-13-3-2-9-6-7(8)10-11/h9,11H,2-6H2,1H3,(H2,8,10). The molecule has 0 bridgehead atoms. The van der Waals surface area contributed by atoms with Crippen molar-refractivity contribution in [2.45, 2.75) is 0 Å². The summed E-state index contributed by atoms with van der Waals surface area (Å²) in [6, 6.07) is 0. The maximum Gasteiger partial charge on any atom is 0.153 e. The van der Waals surface area contributed by atoms with Crippen molar-refractivity contribution in [1.29, 1.82) is 0 Å². The van der Waals surface area contributed by atoms with Gasteiger partial charge in [0.05, 0.1) is 26.4 Å². The monoisotopic (exact) mass is 191 g/mol. The van der Waals surface area contributed by atoms with Crippen molar-refractivity contribution in [3.8, 4) is 0 Å². The number of hydrogen-bond acceptors (Lipinski definition) is 5. The molecule has 0 spiro atoms. The highest BCUT2D eigenvalue weighted by Gasteiger charge is 1.91. The van der Waals surface area contributed by atoms with Crippen LogP contribution in [0, 0.1) is 0 Å². The first-order valence-corrected chi connectivity index (χ1v) is 4.05. The molecular weight excluding hydrogens is 174 g/mol. The smallest absolute Gasteiger partial charge is 0.153 e. The average Bonchev–Trinajstić information content (AvgIpc) is 2.16. The molecule has 0 aromatic carbocycles. The lowest BCUT2D eigenvalue weighted by molar-refractivity contribution is 0.0724. The molecule has 0 aliphatic heterocycles. The summed E-state index contributed by atoms with van der Waals surface area (Å²) in [6.07, 6.45) is 0. The highest BCUT2D eigenvalue weighted by atomic mass is 16.5. The summed E-state index contributed by atoms with van der Waals surface area (Å²) in [5.41, 5.74) is 5.21. The van der Waals surface area contributed by atoms with Gasteiger partial charge in [0.15, 0.2) is 5.84 Å². The molecule has 0 aromatic heterocycles. The van der Waals surface area contributed by atoms with Gasteiger partial charge in [0.2, 0.25) is 0 Å². The Balaban J connectivity index is 3.00. The zero-order chi connectivity index (χ0) is 9.94. The fourth-order valence-corrected chi connectivity index (χ4v) is 0.640. The third kappa shape index (κ3) is 9.06. The number of hydrogen-bond donors (Lipinski definition) is 3. The van der Waals surface area contributed by atoms with E-state index in [1.54, 1.807) is 7.11 Å². The van der Waals surface area contributed by atoms with E-state index in [-0.39, 0.29) is 5.84 Å². The second-order valence-electron chi connectivity index (χ2n) is 2.37. The van der Waals surface area contributed by atoms with Crippen molar-refractivity contribution in [2.24, 2.45) is 10.9 Å². The average molecular weight is 191 g/mol. The van der Waals surface area contributed by atoms with E-state index in [2.05, 4.69) is 10.5 Å². The number of nitrogens with two attached hydrogens (primary N) is 1. The maximum atomic E-state index is 8.18. The lowest BCUT2D eigenvalue weighted by Crippen LogP contribution is -2.31. The normalized spacial score (nSPS) is 11.9. The van der Waals surface area contributed by atoms with Crippen molar-refractivity contribution < 1.29 is 14.7 Å². The number of methoxy groups -OCH3 is 1. The van der Waals surface area contributed by atoms with Gasteiger partial charge in [0.25, 0.3) is 0 Å². The van der Waals surface area contributed by atoms with Gasteiger partial charge in [-0.2, -0.15) is 0 Å². The Morgan fingerprint density at radius 2 is 2.23 bits per heavy atom. The second-order valence-corrected chi connectivity index (χ2v) is 2.37. The molecule has 0 heterocycles. The molecule has 0 aromatic rings. The minimum absolute atomic E-state index is 0.164. The fourth-order valence-electron chi connectivity index (χ4n) is 0.640. The Morgan fingerprint density at radius 1 is 1.46 bits per heavy atom. The molecule has 0 fully saturated rings. The van der Waals surface area contributed by atoms with E-state index in [1.165, 1.54) is 0 Å². The first-order chi connectivity index (χ1) is 6.31. The summed E-state index contributed by atoms with van der Waals surface area (Å²) in [4.78, 5) is 0. The van der Waals surface area contributed by atoms with Gasteiger partial charge in [-0.1, -0.05) is 5.16 Å². The summed E-state index contributed by atoms with van der Waals surface area (Å²) in [7, 11) is 1.63. The van der Waals surface area contributed by atoms with Crippen LogP contribution in [0.15, 0.2) is 5.16 Å². The third-order valence-electron chi connectivity index (χ3n) is 1.29. The van der Waals surface area contributed by atoms with E-state index in [4.69, 9.17) is 20.4 Å². The number of nitrogens with zero attached hydrogens (tertiary/aromatic N) is 1. The van der Waals surface area contributed by atoms with Crippen LogP contribution in [0.5, 0.6) is 0 Å². The van der Waals surface area contributed by atoms with Crippen LogP contribution in [-0.2, 0) is 9.47 Å². The van der Waals surface area contributed by atoms with Gasteiger partial charge in [-0.3, -0.25) is 0 Å². The van der Waals surface area contributed by atoms with Crippen LogP contribution in [0.1, 0.15) is 0 Å². The summed E-state index contributed by atoms with van der Waals surface area (Å²) >= 11 is 0.